The van der Waals surface area contributed by atoms with Crippen molar-refractivity contribution in [2.24, 2.45) is 0 Å². The molecule has 3 aromatic heterocycles. The molecule has 0 aliphatic heterocycles. The van der Waals surface area contributed by atoms with Crippen molar-refractivity contribution in [3.05, 3.63) is 224 Å². The number of rotatable bonds is 7. The molecule has 0 atom stereocenters. The molecule has 0 saturated carbocycles. The summed E-state index contributed by atoms with van der Waals surface area (Å²) in [5.41, 5.74) is 13.9. The second-order valence-electron chi connectivity index (χ2n) is 15.6. The summed E-state index contributed by atoms with van der Waals surface area (Å²) in [6, 6.07) is 79.2. The van der Waals surface area contributed by atoms with Crippen LogP contribution in [0, 0.1) is 0 Å². The van der Waals surface area contributed by atoms with Crippen molar-refractivity contribution in [3.63, 3.8) is 0 Å². The molecule has 0 bridgehead atoms. The normalized spacial score (nSPS) is 11.5. The second kappa shape index (κ2) is 14.7. The van der Waals surface area contributed by atoms with E-state index in [1.165, 1.54) is 21.9 Å². The minimum absolute atomic E-state index is 0.555. The van der Waals surface area contributed by atoms with E-state index in [0.717, 1.165) is 71.9 Å². The molecular formula is C57H37N5. The van der Waals surface area contributed by atoms with Crippen LogP contribution in [0.15, 0.2) is 224 Å². The highest BCUT2D eigenvalue weighted by molar-refractivity contribution is 6.10. The molecular weight excluding hydrogens is 755 g/mol. The Morgan fingerprint density at radius 3 is 1.23 bits per heavy atom. The van der Waals surface area contributed by atoms with E-state index in [0.29, 0.717) is 17.6 Å². The van der Waals surface area contributed by atoms with Crippen LogP contribution in [-0.4, -0.2) is 24.1 Å². The molecule has 12 aromatic rings. The van der Waals surface area contributed by atoms with Gasteiger partial charge in [-0.15, -0.1) is 0 Å². The molecule has 5 nitrogen and oxygen atoms in total. The molecule has 0 saturated heterocycles. The summed E-state index contributed by atoms with van der Waals surface area (Å²) < 4.78 is 4.53. The summed E-state index contributed by atoms with van der Waals surface area (Å²) in [5.74, 6) is 1.73. The number of nitrogens with zero attached hydrogens (tertiary/aromatic N) is 5. The minimum Gasteiger partial charge on any atom is -0.309 e. The van der Waals surface area contributed by atoms with Crippen LogP contribution in [0.1, 0.15) is 0 Å². The van der Waals surface area contributed by atoms with Crippen LogP contribution in [0.5, 0.6) is 0 Å². The fraction of sp³-hybridized carbons (Fsp3) is 0. The Morgan fingerprint density at radius 2 is 0.661 bits per heavy atom. The predicted octanol–water partition coefficient (Wildman–Crippen LogP) is 14.4. The number of benzene rings is 9. The van der Waals surface area contributed by atoms with E-state index in [9.17, 15) is 0 Å². The van der Waals surface area contributed by atoms with E-state index in [1.807, 2.05) is 0 Å². The third kappa shape index (κ3) is 5.90. The largest absolute Gasteiger partial charge is 0.309 e. The molecule has 290 valence electrons. The number of hydrogen-bond acceptors (Lipinski definition) is 3. The zero-order chi connectivity index (χ0) is 41.0. The maximum absolute atomic E-state index is 5.46. The Labute approximate surface area is 358 Å². The third-order valence-electron chi connectivity index (χ3n) is 12.0. The number of hydrogen-bond donors (Lipinski definition) is 0. The standard InChI is InChI=1S/C57H37N5/c1-3-17-38(18-4-1)39-31-33-40(34-32-39)42-35-36-47(49(37-42)41-19-5-2-6-20-41)55-58-56(60-57(59-55)62-52-28-14-9-23-45(52)46-24-10-15-29-53(46)62)48-25-11-16-30-54(48)61-50-26-12-7-21-43(50)44-22-8-13-27-51(44)61/h1-37H. The number of fused-ring (bicyclic) bond motifs is 6. The van der Waals surface area contributed by atoms with Gasteiger partial charge in [-0.05, 0) is 81.9 Å². The molecule has 0 aliphatic carbocycles. The summed E-state index contributed by atoms with van der Waals surface area (Å²) in [4.78, 5) is 16.3. The molecule has 5 heteroatoms. The van der Waals surface area contributed by atoms with E-state index in [4.69, 9.17) is 15.0 Å². The molecule has 0 fully saturated rings. The van der Waals surface area contributed by atoms with Gasteiger partial charge in [0.2, 0.25) is 5.95 Å². The molecule has 0 amide bonds. The Kier molecular flexibility index (Phi) is 8.42. The highest BCUT2D eigenvalue weighted by Crippen LogP contribution is 2.40. The van der Waals surface area contributed by atoms with Gasteiger partial charge in [0, 0.05) is 32.7 Å². The van der Waals surface area contributed by atoms with E-state index in [-0.39, 0.29) is 0 Å². The van der Waals surface area contributed by atoms with Crippen LogP contribution in [-0.2, 0) is 0 Å². The first-order chi connectivity index (χ1) is 30.8. The summed E-state index contributed by atoms with van der Waals surface area (Å²) in [6.45, 7) is 0. The molecule has 0 radical (unpaired) electrons. The summed E-state index contributed by atoms with van der Waals surface area (Å²) in [6.07, 6.45) is 0. The fourth-order valence-corrected chi connectivity index (χ4v) is 9.14. The van der Waals surface area contributed by atoms with Crippen molar-refractivity contribution in [2.75, 3.05) is 0 Å². The molecule has 0 spiro atoms. The zero-order valence-corrected chi connectivity index (χ0v) is 33.6. The lowest BCUT2D eigenvalue weighted by Crippen LogP contribution is -2.08. The Bertz CT molecular complexity index is 3520. The Hall–Kier alpha value is -8.41. The Balaban J connectivity index is 1.11. The molecule has 9 aromatic carbocycles. The first kappa shape index (κ1) is 35.5. The summed E-state index contributed by atoms with van der Waals surface area (Å²) in [5, 5.41) is 4.68. The van der Waals surface area contributed by atoms with E-state index in [1.54, 1.807) is 0 Å². The van der Waals surface area contributed by atoms with Gasteiger partial charge < -0.3 is 4.57 Å². The molecule has 62 heavy (non-hydrogen) atoms. The van der Waals surface area contributed by atoms with Crippen LogP contribution in [0.2, 0.25) is 0 Å². The topological polar surface area (TPSA) is 48.5 Å². The maximum atomic E-state index is 5.46. The molecule has 12 rings (SSSR count). The van der Waals surface area contributed by atoms with Crippen molar-refractivity contribution in [1.29, 1.82) is 0 Å². The quantitative estimate of drug-likeness (QED) is 0.162. The molecule has 0 unspecified atom stereocenters. The van der Waals surface area contributed by atoms with Gasteiger partial charge >= 0.3 is 0 Å². The maximum Gasteiger partial charge on any atom is 0.238 e. The molecule has 3 heterocycles. The van der Waals surface area contributed by atoms with Crippen LogP contribution >= 0.6 is 0 Å². The lowest BCUT2D eigenvalue weighted by Gasteiger charge is -2.17. The highest BCUT2D eigenvalue weighted by Gasteiger charge is 2.22. The average molecular weight is 792 g/mol. The van der Waals surface area contributed by atoms with Crippen LogP contribution in [0.25, 0.3) is 111 Å². The Morgan fingerprint density at radius 1 is 0.258 bits per heavy atom. The second-order valence-corrected chi connectivity index (χ2v) is 15.6. The zero-order valence-electron chi connectivity index (χ0n) is 33.6. The van der Waals surface area contributed by atoms with Gasteiger partial charge in [0.15, 0.2) is 11.6 Å². The van der Waals surface area contributed by atoms with Crippen LogP contribution in [0.3, 0.4) is 0 Å². The van der Waals surface area contributed by atoms with Gasteiger partial charge in [0.1, 0.15) is 0 Å². The van der Waals surface area contributed by atoms with Gasteiger partial charge in [-0.25, -0.2) is 4.98 Å². The van der Waals surface area contributed by atoms with Gasteiger partial charge in [0.05, 0.1) is 27.8 Å². The number of para-hydroxylation sites is 5. The van der Waals surface area contributed by atoms with Crippen molar-refractivity contribution >= 4 is 43.6 Å². The lowest BCUT2D eigenvalue weighted by molar-refractivity contribution is 0.952. The average Bonchev–Trinajstić information content (AvgIpc) is 3.87. The summed E-state index contributed by atoms with van der Waals surface area (Å²) >= 11 is 0. The van der Waals surface area contributed by atoms with Crippen molar-refractivity contribution in [3.8, 4) is 67.8 Å². The van der Waals surface area contributed by atoms with Gasteiger partial charge in [-0.3, -0.25) is 4.57 Å². The van der Waals surface area contributed by atoms with Gasteiger partial charge in [-0.2, -0.15) is 9.97 Å². The first-order valence-corrected chi connectivity index (χ1v) is 21.0. The lowest BCUT2D eigenvalue weighted by atomic mass is 9.93. The van der Waals surface area contributed by atoms with Crippen LogP contribution in [0.4, 0.5) is 0 Å². The first-order valence-electron chi connectivity index (χ1n) is 21.0. The van der Waals surface area contributed by atoms with Gasteiger partial charge in [0.25, 0.3) is 0 Å². The molecule has 0 N–H and O–H groups in total. The predicted molar refractivity (Wildman–Crippen MR) is 256 cm³/mol. The van der Waals surface area contributed by atoms with Crippen LogP contribution < -0.4 is 0 Å². The van der Waals surface area contributed by atoms with E-state index >= 15 is 0 Å². The summed E-state index contributed by atoms with van der Waals surface area (Å²) in [7, 11) is 0. The monoisotopic (exact) mass is 791 g/mol. The highest BCUT2D eigenvalue weighted by atomic mass is 15.2. The fourth-order valence-electron chi connectivity index (χ4n) is 9.14. The van der Waals surface area contributed by atoms with E-state index < -0.39 is 0 Å². The molecule has 0 aliphatic rings. The smallest absolute Gasteiger partial charge is 0.238 e. The SMILES string of the molecule is c1ccc(-c2ccc(-c3ccc(-c4nc(-c5ccccc5-n5c6ccccc6c6ccccc65)nc(-n5c6ccccc6c6ccccc65)n4)c(-c4ccccc4)c3)cc2)cc1. The third-order valence-corrected chi connectivity index (χ3v) is 12.0. The van der Waals surface area contributed by atoms with Gasteiger partial charge in [-0.1, -0.05) is 176 Å². The minimum atomic E-state index is 0.555. The van der Waals surface area contributed by atoms with Crippen molar-refractivity contribution in [2.45, 2.75) is 0 Å². The van der Waals surface area contributed by atoms with E-state index in [2.05, 4.69) is 234 Å². The number of aromatic nitrogens is 5. The van der Waals surface area contributed by atoms with Crippen molar-refractivity contribution in [1.82, 2.24) is 24.1 Å². The van der Waals surface area contributed by atoms with Crippen molar-refractivity contribution < 1.29 is 0 Å².